The van der Waals surface area contributed by atoms with Gasteiger partial charge in [0.05, 0.1) is 16.9 Å². The zero-order valence-corrected chi connectivity index (χ0v) is 16.8. The minimum absolute atomic E-state index is 0.0740. The lowest BCUT2D eigenvalue weighted by Gasteiger charge is -2.05. The number of thioether (sulfide) groups is 1. The maximum absolute atomic E-state index is 12.1. The van der Waals surface area contributed by atoms with Gasteiger partial charge < -0.3 is 11.2 Å². The van der Waals surface area contributed by atoms with Crippen LogP contribution in [0.25, 0.3) is 0 Å². The van der Waals surface area contributed by atoms with Crippen molar-refractivity contribution in [1.82, 2.24) is 14.9 Å². The lowest BCUT2D eigenvalue weighted by molar-refractivity contribution is -0.383. The van der Waals surface area contributed by atoms with Crippen LogP contribution in [0.2, 0.25) is 5.02 Å². The second-order valence-electron chi connectivity index (χ2n) is 5.71. The van der Waals surface area contributed by atoms with E-state index in [1.54, 1.807) is 36.5 Å². The number of rotatable bonds is 8. The molecule has 0 aliphatic carbocycles. The van der Waals surface area contributed by atoms with Gasteiger partial charge in [0.2, 0.25) is 11.1 Å². The van der Waals surface area contributed by atoms with Crippen molar-refractivity contribution >= 4 is 52.8 Å². The van der Waals surface area contributed by atoms with E-state index in [9.17, 15) is 14.9 Å². The Morgan fingerprint density at radius 1 is 1.27 bits per heavy atom. The van der Waals surface area contributed by atoms with Gasteiger partial charge in [-0.15, -0.1) is 10.2 Å². The van der Waals surface area contributed by atoms with E-state index in [2.05, 4.69) is 26.0 Å². The summed E-state index contributed by atoms with van der Waals surface area (Å²) in [4.78, 5) is 22.6. The molecule has 2 aromatic carbocycles. The average Bonchev–Trinajstić information content (AvgIpc) is 3.08. The molecule has 0 saturated heterocycles. The second kappa shape index (κ2) is 9.71. The minimum atomic E-state index is -0.568. The zero-order chi connectivity index (χ0) is 21.5. The van der Waals surface area contributed by atoms with Gasteiger partial charge in [0.25, 0.3) is 11.6 Å². The van der Waals surface area contributed by atoms with Crippen LogP contribution in [0.5, 0.6) is 0 Å². The molecular formula is C17H15ClN8O3S. The normalized spacial score (nSPS) is 10.8. The van der Waals surface area contributed by atoms with E-state index >= 15 is 0 Å². The average molecular weight is 447 g/mol. The lowest BCUT2D eigenvalue weighted by Crippen LogP contribution is -2.17. The quantitative estimate of drug-likeness (QED) is 0.157. The summed E-state index contributed by atoms with van der Waals surface area (Å²) in [5.41, 5.74) is 3.39. The topological polar surface area (TPSA) is 153 Å². The summed E-state index contributed by atoms with van der Waals surface area (Å²) in [5, 5.41) is 26.2. The number of nitrogens with one attached hydrogen (secondary N) is 2. The van der Waals surface area contributed by atoms with Crippen LogP contribution in [0, 0.1) is 10.1 Å². The first-order valence-corrected chi connectivity index (χ1v) is 9.71. The number of anilines is 2. The number of hydrogen-bond donors (Lipinski definition) is 3. The lowest BCUT2D eigenvalue weighted by atomic mass is 10.2. The number of halogens is 1. The standard InChI is InChI=1S/C17H15ClN8O3S/c18-12-7-5-11(6-8-12)9-20-22-16-23-24-17(25(16)19)30-10-15(27)21-13-3-1-2-4-14(13)26(28)29/h1-9H,10,19H2,(H,21,27)(H,22,23)/b20-9+. The molecule has 11 nitrogen and oxygen atoms in total. The fourth-order valence-electron chi connectivity index (χ4n) is 2.22. The molecule has 0 unspecified atom stereocenters. The van der Waals surface area contributed by atoms with E-state index in [4.69, 9.17) is 17.4 Å². The largest absolute Gasteiger partial charge is 0.334 e. The molecule has 1 amide bonds. The summed E-state index contributed by atoms with van der Waals surface area (Å²) in [6.07, 6.45) is 1.55. The SMILES string of the molecule is Nn1c(N/N=C/c2ccc(Cl)cc2)nnc1SCC(=O)Nc1ccccc1[N+](=O)[O-]. The number of para-hydroxylation sites is 2. The minimum Gasteiger partial charge on any atom is -0.334 e. The molecule has 1 aromatic heterocycles. The number of nitro benzene ring substituents is 1. The van der Waals surface area contributed by atoms with Crippen LogP contribution in [-0.2, 0) is 4.79 Å². The Balaban J connectivity index is 1.55. The van der Waals surface area contributed by atoms with Crippen LogP contribution in [0.1, 0.15) is 5.56 Å². The number of hydrazone groups is 1. The van der Waals surface area contributed by atoms with E-state index in [1.807, 2.05) is 0 Å². The highest BCUT2D eigenvalue weighted by molar-refractivity contribution is 7.99. The van der Waals surface area contributed by atoms with Crippen molar-refractivity contribution in [2.45, 2.75) is 5.16 Å². The highest BCUT2D eigenvalue weighted by atomic mass is 35.5. The highest BCUT2D eigenvalue weighted by Crippen LogP contribution is 2.24. The first-order chi connectivity index (χ1) is 14.4. The maximum Gasteiger partial charge on any atom is 0.292 e. The Hall–Kier alpha value is -3.64. The Morgan fingerprint density at radius 2 is 2.00 bits per heavy atom. The van der Waals surface area contributed by atoms with Crippen LogP contribution in [-0.4, -0.2) is 37.7 Å². The second-order valence-corrected chi connectivity index (χ2v) is 7.09. The molecule has 3 rings (SSSR count). The van der Waals surface area contributed by atoms with Gasteiger partial charge in [-0.1, -0.05) is 47.6 Å². The third-order valence-electron chi connectivity index (χ3n) is 3.62. The Morgan fingerprint density at radius 3 is 2.73 bits per heavy atom. The number of nitro groups is 1. The van der Waals surface area contributed by atoms with Crippen molar-refractivity contribution in [3.05, 3.63) is 69.2 Å². The summed E-state index contributed by atoms with van der Waals surface area (Å²) >= 11 is 6.84. The number of nitrogens with two attached hydrogens (primary N) is 1. The van der Waals surface area contributed by atoms with Gasteiger partial charge >= 0.3 is 0 Å². The molecule has 0 saturated carbocycles. The van der Waals surface area contributed by atoms with Crippen LogP contribution in [0.3, 0.4) is 0 Å². The van der Waals surface area contributed by atoms with Crippen molar-refractivity contribution in [3.63, 3.8) is 0 Å². The molecule has 154 valence electrons. The molecular weight excluding hydrogens is 432 g/mol. The smallest absolute Gasteiger partial charge is 0.292 e. The molecule has 0 radical (unpaired) electrons. The van der Waals surface area contributed by atoms with Crippen molar-refractivity contribution in [2.24, 2.45) is 5.10 Å². The molecule has 30 heavy (non-hydrogen) atoms. The fourth-order valence-corrected chi connectivity index (χ4v) is 3.00. The summed E-state index contributed by atoms with van der Waals surface area (Å²) in [7, 11) is 0. The summed E-state index contributed by atoms with van der Waals surface area (Å²) in [6.45, 7) is 0. The van der Waals surface area contributed by atoms with Crippen LogP contribution >= 0.6 is 23.4 Å². The number of nitrogens with zero attached hydrogens (tertiary/aromatic N) is 5. The van der Waals surface area contributed by atoms with Gasteiger partial charge in [-0.25, -0.2) is 10.1 Å². The van der Waals surface area contributed by atoms with Gasteiger partial charge in [-0.2, -0.15) is 5.10 Å². The molecule has 4 N–H and O–H groups in total. The molecule has 0 bridgehead atoms. The molecule has 0 aliphatic rings. The van der Waals surface area contributed by atoms with Gasteiger partial charge in [0.1, 0.15) is 5.69 Å². The number of hydrogen-bond acceptors (Lipinski definition) is 9. The third-order valence-corrected chi connectivity index (χ3v) is 4.81. The number of benzene rings is 2. The Labute approximate surface area is 179 Å². The molecule has 3 aromatic rings. The van der Waals surface area contributed by atoms with Crippen molar-refractivity contribution in [1.29, 1.82) is 0 Å². The van der Waals surface area contributed by atoms with E-state index < -0.39 is 10.8 Å². The van der Waals surface area contributed by atoms with Crippen molar-refractivity contribution in [2.75, 3.05) is 22.3 Å². The monoisotopic (exact) mass is 446 g/mol. The van der Waals surface area contributed by atoms with Crippen LogP contribution < -0.4 is 16.6 Å². The summed E-state index contributed by atoms with van der Waals surface area (Å²) in [6, 6.07) is 12.9. The Kier molecular flexibility index (Phi) is 6.83. The van der Waals surface area contributed by atoms with E-state index in [0.717, 1.165) is 22.0 Å². The Bertz CT molecular complexity index is 1090. The van der Waals surface area contributed by atoms with E-state index in [1.165, 1.54) is 18.2 Å². The molecule has 0 fully saturated rings. The number of nitrogen functional groups attached to an aromatic ring is 1. The maximum atomic E-state index is 12.1. The molecule has 0 spiro atoms. The molecule has 0 aliphatic heterocycles. The first kappa shape index (κ1) is 21.1. The molecule has 13 heteroatoms. The fraction of sp³-hybridized carbons (Fsp3) is 0.0588. The first-order valence-electron chi connectivity index (χ1n) is 8.35. The zero-order valence-electron chi connectivity index (χ0n) is 15.2. The van der Waals surface area contributed by atoms with Gasteiger partial charge in [-0.3, -0.25) is 14.9 Å². The third kappa shape index (κ3) is 5.46. The number of amides is 1. The number of aromatic nitrogens is 3. The van der Waals surface area contributed by atoms with Crippen molar-refractivity contribution < 1.29 is 9.72 Å². The number of carbonyl (C=O) groups is 1. The summed E-state index contributed by atoms with van der Waals surface area (Å²) in [5.74, 6) is 5.54. The van der Waals surface area contributed by atoms with Crippen LogP contribution in [0.15, 0.2) is 58.8 Å². The van der Waals surface area contributed by atoms with E-state index in [-0.39, 0.29) is 28.2 Å². The number of carbonyl (C=O) groups excluding carboxylic acids is 1. The van der Waals surface area contributed by atoms with Gasteiger partial charge in [0.15, 0.2) is 0 Å². The van der Waals surface area contributed by atoms with E-state index in [0.29, 0.717) is 5.02 Å². The summed E-state index contributed by atoms with van der Waals surface area (Å²) < 4.78 is 1.14. The highest BCUT2D eigenvalue weighted by Gasteiger charge is 2.16. The van der Waals surface area contributed by atoms with Crippen LogP contribution in [0.4, 0.5) is 17.3 Å². The van der Waals surface area contributed by atoms with Gasteiger partial charge in [-0.05, 0) is 23.8 Å². The predicted molar refractivity (Wildman–Crippen MR) is 115 cm³/mol. The molecule has 0 atom stereocenters. The van der Waals surface area contributed by atoms with Gasteiger partial charge in [0, 0.05) is 11.1 Å². The molecule has 1 heterocycles. The predicted octanol–water partition coefficient (Wildman–Crippen LogP) is 2.73. The van der Waals surface area contributed by atoms with Crippen molar-refractivity contribution in [3.8, 4) is 0 Å².